The molecule has 0 aromatic rings. The van der Waals surface area contributed by atoms with Crippen LogP contribution in [-0.4, -0.2) is 78.6 Å². The molecule has 0 amide bonds. The smallest absolute Gasteiger partial charge is 0.377 e. The van der Waals surface area contributed by atoms with E-state index in [1.54, 1.807) is 6.92 Å². The molecule has 0 aromatic carbocycles. The van der Waals surface area contributed by atoms with E-state index >= 15 is 0 Å². The van der Waals surface area contributed by atoms with Gasteiger partial charge in [0.25, 0.3) is 5.78 Å². The SMILES string of the molecule is CCOC(=O)C1(CSCC(=O)OC)OC(=O)C(=O)C1SCC(=O)OC. The van der Waals surface area contributed by atoms with Crippen molar-refractivity contribution in [1.82, 2.24) is 0 Å². The van der Waals surface area contributed by atoms with Gasteiger partial charge in [0.15, 0.2) is 0 Å². The lowest BCUT2D eigenvalue weighted by molar-refractivity contribution is -0.171. The molecule has 0 saturated carbocycles. The maximum atomic E-state index is 12.4. The summed E-state index contributed by atoms with van der Waals surface area (Å²) in [5, 5.41) is -1.27. The van der Waals surface area contributed by atoms with Crippen molar-refractivity contribution in [3.05, 3.63) is 0 Å². The zero-order valence-electron chi connectivity index (χ0n) is 13.9. The average molecular weight is 394 g/mol. The summed E-state index contributed by atoms with van der Waals surface area (Å²) in [5.74, 6) is -4.78. The van der Waals surface area contributed by atoms with Crippen molar-refractivity contribution in [3.8, 4) is 0 Å². The average Bonchev–Trinajstić information content (AvgIpc) is 2.84. The summed E-state index contributed by atoms with van der Waals surface area (Å²) in [6.45, 7) is 1.56. The highest BCUT2D eigenvalue weighted by Gasteiger charge is 2.62. The third kappa shape index (κ3) is 5.11. The van der Waals surface area contributed by atoms with E-state index in [2.05, 4.69) is 9.47 Å². The second-order valence-corrected chi connectivity index (χ2v) is 6.78. The minimum Gasteiger partial charge on any atom is -0.468 e. The topological polar surface area (TPSA) is 122 Å². The van der Waals surface area contributed by atoms with E-state index in [-0.39, 0.29) is 23.9 Å². The molecule has 25 heavy (non-hydrogen) atoms. The van der Waals surface area contributed by atoms with Crippen LogP contribution in [0.4, 0.5) is 0 Å². The molecule has 1 aliphatic rings. The quantitative estimate of drug-likeness (QED) is 0.288. The number of hydrogen-bond acceptors (Lipinski definition) is 11. The van der Waals surface area contributed by atoms with Crippen LogP contribution in [0.2, 0.25) is 0 Å². The first kappa shape index (κ1) is 21.3. The number of Topliss-reactive ketones (excluding diaryl/α,β-unsaturated/α-hetero) is 1. The summed E-state index contributed by atoms with van der Waals surface area (Å²) in [7, 11) is 2.38. The summed E-state index contributed by atoms with van der Waals surface area (Å²) >= 11 is 1.70. The molecule has 1 fully saturated rings. The molecule has 2 unspecified atom stereocenters. The van der Waals surface area contributed by atoms with Crippen LogP contribution in [0, 0.1) is 0 Å². The lowest BCUT2D eigenvalue weighted by Crippen LogP contribution is -2.51. The molecule has 0 bridgehead atoms. The third-order valence-corrected chi connectivity index (χ3v) is 5.52. The molecule has 140 valence electrons. The van der Waals surface area contributed by atoms with Crippen molar-refractivity contribution >= 4 is 53.2 Å². The first-order valence-corrected chi connectivity index (χ1v) is 9.30. The van der Waals surface area contributed by atoms with Crippen LogP contribution in [0.3, 0.4) is 0 Å². The van der Waals surface area contributed by atoms with E-state index < -0.39 is 40.5 Å². The van der Waals surface area contributed by atoms with Crippen LogP contribution < -0.4 is 0 Å². The lowest BCUT2D eigenvalue weighted by Gasteiger charge is -2.28. The van der Waals surface area contributed by atoms with E-state index in [9.17, 15) is 24.0 Å². The molecular weight excluding hydrogens is 376 g/mol. The Kier molecular flexibility index (Phi) is 8.23. The Morgan fingerprint density at radius 1 is 1.12 bits per heavy atom. The van der Waals surface area contributed by atoms with Crippen molar-refractivity contribution < 1.29 is 42.9 Å². The number of thioether (sulfide) groups is 2. The molecule has 2 atom stereocenters. The molecule has 0 N–H and O–H groups in total. The number of methoxy groups -OCH3 is 2. The fraction of sp³-hybridized carbons (Fsp3) is 0.643. The Morgan fingerprint density at radius 3 is 2.28 bits per heavy atom. The standard InChI is InChI=1S/C14H18O9S2/c1-4-22-13(19)14(7-24-5-8(15)20-2)11(10(17)12(18)23-14)25-6-9(16)21-3/h11H,4-7H2,1-3H3. The van der Waals surface area contributed by atoms with Crippen LogP contribution in [0.5, 0.6) is 0 Å². The maximum Gasteiger partial charge on any atom is 0.377 e. The molecule has 9 nitrogen and oxygen atoms in total. The number of ether oxygens (including phenoxy) is 4. The largest absolute Gasteiger partial charge is 0.468 e. The highest BCUT2D eigenvalue weighted by atomic mass is 32.2. The molecule has 1 heterocycles. The normalized spacial score (nSPS) is 22.3. The van der Waals surface area contributed by atoms with Gasteiger partial charge < -0.3 is 18.9 Å². The Hall–Kier alpha value is -1.75. The van der Waals surface area contributed by atoms with Crippen LogP contribution in [-0.2, 0) is 42.9 Å². The predicted molar refractivity (Wildman–Crippen MR) is 88.1 cm³/mol. The monoisotopic (exact) mass is 394 g/mol. The Labute approximate surface area is 152 Å². The fourth-order valence-electron chi connectivity index (χ4n) is 1.92. The van der Waals surface area contributed by atoms with Gasteiger partial charge >= 0.3 is 23.9 Å². The summed E-state index contributed by atoms with van der Waals surface area (Å²) in [6.07, 6.45) is 0. The van der Waals surface area contributed by atoms with Gasteiger partial charge in [0.2, 0.25) is 5.60 Å². The Balaban J connectivity index is 3.04. The third-order valence-electron chi connectivity index (χ3n) is 3.12. The summed E-state index contributed by atoms with van der Waals surface area (Å²) in [5.41, 5.74) is -1.92. The van der Waals surface area contributed by atoms with Crippen LogP contribution in [0.25, 0.3) is 0 Å². The summed E-state index contributed by atoms with van der Waals surface area (Å²) in [6, 6.07) is 0. The van der Waals surface area contributed by atoms with Crippen LogP contribution >= 0.6 is 23.5 Å². The highest BCUT2D eigenvalue weighted by Crippen LogP contribution is 2.38. The molecular formula is C14H18O9S2. The molecule has 11 heteroatoms. The molecule has 1 saturated heterocycles. The van der Waals surface area contributed by atoms with E-state index in [1.165, 1.54) is 14.2 Å². The van der Waals surface area contributed by atoms with Crippen molar-refractivity contribution in [2.45, 2.75) is 17.8 Å². The van der Waals surface area contributed by atoms with Gasteiger partial charge in [0.05, 0.1) is 32.3 Å². The van der Waals surface area contributed by atoms with Gasteiger partial charge in [-0.15, -0.1) is 23.5 Å². The molecule has 0 spiro atoms. The zero-order valence-corrected chi connectivity index (χ0v) is 15.5. The van der Waals surface area contributed by atoms with E-state index in [4.69, 9.17) is 9.47 Å². The van der Waals surface area contributed by atoms with Crippen LogP contribution in [0.1, 0.15) is 6.92 Å². The molecule has 0 aromatic heterocycles. The van der Waals surface area contributed by atoms with Crippen molar-refractivity contribution in [2.75, 3.05) is 38.1 Å². The predicted octanol–water partition coefficient (Wildman–Crippen LogP) is -0.405. The van der Waals surface area contributed by atoms with Gasteiger partial charge in [0.1, 0.15) is 5.25 Å². The second-order valence-electron chi connectivity index (χ2n) is 4.70. The maximum absolute atomic E-state index is 12.4. The van der Waals surface area contributed by atoms with Gasteiger partial charge in [-0.1, -0.05) is 0 Å². The van der Waals surface area contributed by atoms with Gasteiger partial charge in [-0.25, -0.2) is 9.59 Å². The number of rotatable bonds is 9. The van der Waals surface area contributed by atoms with Crippen LogP contribution in [0.15, 0.2) is 0 Å². The first-order valence-electron chi connectivity index (χ1n) is 7.09. The van der Waals surface area contributed by atoms with Gasteiger partial charge in [0, 0.05) is 5.75 Å². The highest BCUT2D eigenvalue weighted by molar-refractivity contribution is 8.02. The lowest BCUT2D eigenvalue weighted by atomic mass is 10.0. The van der Waals surface area contributed by atoms with Crippen molar-refractivity contribution in [1.29, 1.82) is 0 Å². The second kappa shape index (κ2) is 9.66. The first-order chi connectivity index (χ1) is 11.8. The number of hydrogen-bond donors (Lipinski definition) is 0. The minimum atomic E-state index is -1.92. The minimum absolute atomic E-state index is 0.00236. The number of ketones is 1. The molecule has 0 radical (unpaired) electrons. The number of carbonyl (C=O) groups is 5. The fourth-order valence-corrected chi connectivity index (χ4v) is 4.22. The van der Waals surface area contributed by atoms with E-state index in [1.807, 2.05) is 0 Å². The molecule has 1 aliphatic heterocycles. The number of cyclic esters (lactones) is 1. The number of carbonyl (C=O) groups excluding carboxylic acids is 5. The van der Waals surface area contributed by atoms with Gasteiger partial charge in [-0.05, 0) is 6.92 Å². The zero-order chi connectivity index (χ0) is 19.0. The summed E-state index contributed by atoms with van der Waals surface area (Å²) in [4.78, 5) is 58.9. The summed E-state index contributed by atoms with van der Waals surface area (Å²) < 4.78 is 19.0. The Morgan fingerprint density at radius 2 is 1.72 bits per heavy atom. The van der Waals surface area contributed by atoms with E-state index in [0.29, 0.717) is 0 Å². The van der Waals surface area contributed by atoms with E-state index in [0.717, 1.165) is 23.5 Å². The van der Waals surface area contributed by atoms with Crippen molar-refractivity contribution in [3.63, 3.8) is 0 Å². The van der Waals surface area contributed by atoms with Gasteiger partial charge in [-0.3, -0.25) is 14.4 Å². The Bertz CT molecular complexity index is 563. The molecule has 0 aliphatic carbocycles. The number of esters is 4. The van der Waals surface area contributed by atoms with Gasteiger partial charge in [-0.2, -0.15) is 0 Å². The molecule has 1 rings (SSSR count). The van der Waals surface area contributed by atoms with Crippen molar-refractivity contribution in [2.24, 2.45) is 0 Å².